The molecule has 0 aromatic heterocycles. The maximum absolute atomic E-state index is 10.5. The van der Waals surface area contributed by atoms with E-state index in [1.165, 1.54) is 0 Å². The second-order valence-corrected chi connectivity index (χ2v) is 5.26. The van der Waals surface area contributed by atoms with Gasteiger partial charge in [-0.25, -0.2) is 0 Å². The van der Waals surface area contributed by atoms with E-state index in [-0.39, 0.29) is 40.6 Å². The molecule has 1 aromatic carbocycles. The fraction of sp³-hybridized carbons (Fsp3) is 0. The Kier molecular flexibility index (Phi) is 5.19. The molecule has 0 atom stereocenters. The van der Waals surface area contributed by atoms with E-state index < -0.39 is 30.0 Å². The molecule has 0 amide bonds. The molecule has 9 heteroatoms. The van der Waals surface area contributed by atoms with E-state index in [1.807, 2.05) is 0 Å². The minimum atomic E-state index is -4.34. The van der Waals surface area contributed by atoms with Crippen LogP contribution in [0.3, 0.4) is 0 Å². The summed E-state index contributed by atoms with van der Waals surface area (Å²) in [6.45, 7) is 0. The quantitative estimate of drug-likeness (QED) is 0.584. The summed E-state index contributed by atoms with van der Waals surface area (Å²) in [5.74, 6) is 0. The predicted octanol–water partition coefficient (Wildman–Crippen LogP) is 0.0242. The van der Waals surface area contributed by atoms with Gasteiger partial charge in [-0.3, -0.25) is 9.11 Å². The van der Waals surface area contributed by atoms with Gasteiger partial charge in [0.05, 0.1) is 9.79 Å². The first-order chi connectivity index (χ1) is 6.21. The maximum atomic E-state index is 10.5. The summed E-state index contributed by atoms with van der Waals surface area (Å²) >= 11 is 0. The van der Waals surface area contributed by atoms with Crippen molar-refractivity contribution in [2.24, 2.45) is 0 Å². The maximum Gasteiger partial charge on any atom is 2.00 e. The van der Waals surface area contributed by atoms with E-state index in [2.05, 4.69) is 0 Å². The molecule has 1 rings (SSSR count). The molecule has 0 fully saturated rings. The Hall–Kier alpha value is 0.300. The molecule has 0 aliphatic carbocycles. The van der Waals surface area contributed by atoms with Gasteiger partial charge in [0.15, 0.2) is 0 Å². The third-order valence-electron chi connectivity index (χ3n) is 1.42. The van der Waals surface area contributed by atoms with Crippen molar-refractivity contribution >= 4 is 58.0 Å². The van der Waals surface area contributed by atoms with E-state index in [0.29, 0.717) is 0 Å². The monoisotopic (exact) mass is 280 g/mol. The Morgan fingerprint density at radius 2 is 1.00 bits per heavy atom. The molecule has 0 radical (unpaired) electrons. The Morgan fingerprint density at radius 1 is 0.800 bits per heavy atom. The van der Waals surface area contributed by atoms with Gasteiger partial charge in [-0.15, -0.1) is 0 Å². The molecule has 0 unspecified atom stereocenters. The molecule has 15 heavy (non-hydrogen) atoms. The van der Waals surface area contributed by atoms with Crippen molar-refractivity contribution in [2.75, 3.05) is 0 Å². The van der Waals surface area contributed by atoms with Crippen LogP contribution in [0.1, 0.15) is 2.85 Å². The zero-order valence-corrected chi connectivity index (χ0v) is 11.2. The van der Waals surface area contributed by atoms with Crippen LogP contribution in [-0.4, -0.2) is 63.7 Å². The van der Waals surface area contributed by atoms with Gasteiger partial charge in [0.1, 0.15) is 0 Å². The average molecular weight is 280 g/mol. The van der Waals surface area contributed by atoms with Crippen molar-refractivity contribution in [3.63, 3.8) is 0 Å². The summed E-state index contributed by atoms with van der Waals surface area (Å²) in [4.78, 5) is -0.880. The van der Waals surface area contributed by atoms with Gasteiger partial charge in [0.2, 0.25) is 0 Å². The van der Waals surface area contributed by atoms with Gasteiger partial charge in [0, 0.05) is 0 Å². The van der Waals surface area contributed by atoms with E-state index in [4.69, 9.17) is 9.11 Å². The predicted molar refractivity (Wildman–Crippen MR) is 54.0 cm³/mol. The molecule has 82 valence electrons. The molecule has 0 saturated heterocycles. The van der Waals surface area contributed by atoms with Crippen LogP contribution in [0.4, 0.5) is 0 Å². The Balaban J connectivity index is -0.000000653. The van der Waals surface area contributed by atoms with Gasteiger partial charge in [-0.05, 0) is 24.3 Å². The van der Waals surface area contributed by atoms with Crippen LogP contribution >= 0.6 is 0 Å². The van der Waals surface area contributed by atoms with Crippen molar-refractivity contribution < 1.29 is 28.8 Å². The van der Waals surface area contributed by atoms with Crippen LogP contribution in [-0.2, 0) is 20.2 Å². The van der Waals surface area contributed by atoms with E-state index in [0.717, 1.165) is 24.3 Å². The van der Waals surface area contributed by atoms with Crippen LogP contribution < -0.4 is 0 Å². The molecular weight excluding hydrogens is 272 g/mol. The number of benzene rings is 1. The van der Waals surface area contributed by atoms with Crippen LogP contribution in [0.25, 0.3) is 0 Å². The molecule has 0 heterocycles. The third-order valence-corrected chi connectivity index (χ3v) is 3.16. The van der Waals surface area contributed by atoms with Gasteiger partial charge in [-0.2, -0.15) is 16.8 Å². The van der Waals surface area contributed by atoms with Gasteiger partial charge in [-0.1, -0.05) is 0 Å². The number of rotatable bonds is 2. The topological polar surface area (TPSA) is 109 Å². The molecule has 0 bridgehead atoms. The van der Waals surface area contributed by atoms with Crippen LogP contribution in [0.5, 0.6) is 0 Å². The number of hydrogen-bond donors (Lipinski definition) is 2. The van der Waals surface area contributed by atoms with Gasteiger partial charge in [0.25, 0.3) is 20.2 Å². The molecular formula is C6H8CaO6S2. The smallest absolute Gasteiger partial charge is 1.00 e. The minimum absolute atomic E-state index is 0. The number of hydrogen-bond acceptors (Lipinski definition) is 4. The van der Waals surface area contributed by atoms with Crippen molar-refractivity contribution in [2.45, 2.75) is 9.79 Å². The molecule has 0 saturated carbocycles. The second-order valence-electron chi connectivity index (χ2n) is 2.42. The first-order valence-corrected chi connectivity index (χ1v) is 6.14. The van der Waals surface area contributed by atoms with Crippen molar-refractivity contribution in [3.8, 4) is 0 Å². The molecule has 0 spiro atoms. The van der Waals surface area contributed by atoms with Gasteiger partial charge >= 0.3 is 37.7 Å². The summed E-state index contributed by atoms with van der Waals surface area (Å²) in [6, 6.07) is 3.49. The zero-order chi connectivity index (χ0) is 11.0. The van der Waals surface area contributed by atoms with Crippen molar-refractivity contribution in [1.29, 1.82) is 0 Å². The van der Waals surface area contributed by atoms with E-state index in [9.17, 15) is 16.8 Å². The summed E-state index contributed by atoms with van der Waals surface area (Å²) < 4.78 is 59.2. The van der Waals surface area contributed by atoms with E-state index in [1.54, 1.807) is 0 Å². The van der Waals surface area contributed by atoms with Gasteiger partial charge < -0.3 is 2.85 Å². The van der Waals surface area contributed by atoms with E-state index >= 15 is 0 Å². The van der Waals surface area contributed by atoms with Crippen molar-refractivity contribution in [3.05, 3.63) is 24.3 Å². The fourth-order valence-electron chi connectivity index (χ4n) is 0.784. The largest absolute Gasteiger partial charge is 2.00 e. The average Bonchev–Trinajstić information content (AvgIpc) is 2.01. The standard InChI is InChI=1S/C6H6O6S2.Ca.2H/c7-13(8,9)5-1-2-6(4-3-5)14(10,11)12;;;/h1-4H,(H,7,8,9)(H,10,11,12);;;/q;+2;2*-1. The van der Waals surface area contributed by atoms with Crippen LogP contribution in [0, 0.1) is 0 Å². The summed E-state index contributed by atoms with van der Waals surface area (Å²) in [5, 5.41) is 0. The molecule has 2 N–H and O–H groups in total. The Labute approximate surface area is 120 Å². The summed E-state index contributed by atoms with van der Waals surface area (Å²) in [7, 11) is -8.68. The fourth-order valence-corrected chi connectivity index (χ4v) is 1.74. The first kappa shape index (κ1) is 15.3. The summed E-state index contributed by atoms with van der Waals surface area (Å²) in [6.07, 6.45) is 0. The Bertz CT molecular complexity index is 487. The molecule has 6 nitrogen and oxygen atoms in total. The molecule has 0 aliphatic heterocycles. The Morgan fingerprint density at radius 3 is 1.13 bits per heavy atom. The normalized spacial score (nSPS) is 11.9. The van der Waals surface area contributed by atoms with Crippen LogP contribution in [0.15, 0.2) is 34.1 Å². The third kappa shape index (κ3) is 4.35. The zero-order valence-electron chi connectivity index (χ0n) is 9.36. The van der Waals surface area contributed by atoms with Crippen LogP contribution in [0.2, 0.25) is 0 Å². The minimum Gasteiger partial charge on any atom is -1.00 e. The first-order valence-electron chi connectivity index (χ1n) is 3.26. The van der Waals surface area contributed by atoms with Crippen molar-refractivity contribution in [1.82, 2.24) is 0 Å². The molecule has 0 aliphatic rings. The molecule has 1 aromatic rings. The second kappa shape index (κ2) is 5.09. The summed E-state index contributed by atoms with van der Waals surface area (Å²) in [5.41, 5.74) is 0. The SMILES string of the molecule is O=S(=O)(O)c1ccc(S(=O)(=O)O)cc1.[Ca+2].[H-].[H-].